The Labute approximate surface area is 144 Å². The molecule has 0 aliphatic heterocycles. The van der Waals surface area contributed by atoms with Crippen LogP contribution in [-0.2, 0) is 6.61 Å². The average molecular weight is 342 g/mol. The van der Waals surface area contributed by atoms with E-state index in [2.05, 4.69) is 0 Å². The van der Waals surface area contributed by atoms with E-state index in [9.17, 15) is 9.90 Å². The Morgan fingerprint density at radius 2 is 1.92 bits per heavy atom. The molecule has 0 aliphatic rings. The zero-order chi connectivity index (χ0) is 17.1. The SMILES string of the molecule is CC(C)Oc1cc(OCc2ccccc2)cc2sc(C(=O)O)cc12. The molecule has 1 heterocycles. The summed E-state index contributed by atoms with van der Waals surface area (Å²) >= 11 is 1.22. The second kappa shape index (κ2) is 6.93. The number of carboxylic acids is 1. The second-order valence-corrected chi connectivity index (χ2v) is 6.77. The molecular weight excluding hydrogens is 324 g/mol. The van der Waals surface area contributed by atoms with Crippen molar-refractivity contribution in [2.24, 2.45) is 0 Å². The number of benzene rings is 2. The fourth-order valence-corrected chi connectivity index (χ4v) is 3.31. The maximum Gasteiger partial charge on any atom is 0.345 e. The van der Waals surface area contributed by atoms with Gasteiger partial charge < -0.3 is 14.6 Å². The summed E-state index contributed by atoms with van der Waals surface area (Å²) in [6.45, 7) is 4.33. The van der Waals surface area contributed by atoms with E-state index in [1.807, 2.05) is 56.3 Å². The maximum absolute atomic E-state index is 11.2. The Morgan fingerprint density at radius 1 is 1.17 bits per heavy atom. The fourth-order valence-electron chi connectivity index (χ4n) is 2.36. The predicted octanol–water partition coefficient (Wildman–Crippen LogP) is 4.97. The third-order valence-corrected chi connectivity index (χ3v) is 4.46. The minimum absolute atomic E-state index is 0.00856. The molecular formula is C19H18O4S. The molecule has 0 unspecified atom stereocenters. The van der Waals surface area contributed by atoms with Crippen molar-refractivity contribution in [3.05, 3.63) is 59.0 Å². The first-order chi connectivity index (χ1) is 11.5. The number of carbonyl (C=O) groups is 1. The molecule has 0 atom stereocenters. The molecule has 0 fully saturated rings. The molecule has 1 N–H and O–H groups in total. The molecule has 0 aliphatic carbocycles. The van der Waals surface area contributed by atoms with Crippen molar-refractivity contribution in [1.29, 1.82) is 0 Å². The molecule has 3 rings (SSSR count). The van der Waals surface area contributed by atoms with Gasteiger partial charge in [0.05, 0.1) is 6.10 Å². The summed E-state index contributed by atoms with van der Waals surface area (Å²) in [4.78, 5) is 11.5. The van der Waals surface area contributed by atoms with Crippen molar-refractivity contribution in [2.45, 2.75) is 26.6 Å². The molecule has 0 saturated carbocycles. The smallest absolute Gasteiger partial charge is 0.345 e. The number of fused-ring (bicyclic) bond motifs is 1. The maximum atomic E-state index is 11.2. The van der Waals surface area contributed by atoms with Gasteiger partial charge in [-0.25, -0.2) is 4.79 Å². The first kappa shape index (κ1) is 16.3. The van der Waals surface area contributed by atoms with Crippen molar-refractivity contribution in [2.75, 3.05) is 0 Å². The second-order valence-electron chi connectivity index (χ2n) is 5.69. The van der Waals surface area contributed by atoms with Crippen LogP contribution in [0.4, 0.5) is 0 Å². The lowest BCUT2D eigenvalue weighted by molar-refractivity contribution is 0.0702. The van der Waals surface area contributed by atoms with E-state index in [0.717, 1.165) is 15.6 Å². The highest BCUT2D eigenvalue weighted by Gasteiger charge is 2.15. The van der Waals surface area contributed by atoms with Crippen LogP contribution in [0.2, 0.25) is 0 Å². The summed E-state index contributed by atoms with van der Waals surface area (Å²) in [5, 5.41) is 10.0. The highest BCUT2D eigenvalue weighted by atomic mass is 32.1. The molecule has 0 radical (unpaired) electrons. The minimum Gasteiger partial charge on any atom is -0.490 e. The first-order valence-corrected chi connectivity index (χ1v) is 8.49. The van der Waals surface area contributed by atoms with E-state index in [0.29, 0.717) is 23.0 Å². The van der Waals surface area contributed by atoms with E-state index in [-0.39, 0.29) is 6.10 Å². The summed E-state index contributed by atoms with van der Waals surface area (Å²) in [5.74, 6) is 0.383. The Balaban J connectivity index is 1.94. The molecule has 3 aromatic rings. The Hall–Kier alpha value is -2.53. The van der Waals surface area contributed by atoms with Gasteiger partial charge in [0.2, 0.25) is 0 Å². The topological polar surface area (TPSA) is 55.8 Å². The average Bonchev–Trinajstić information content (AvgIpc) is 2.98. The zero-order valence-electron chi connectivity index (χ0n) is 13.5. The van der Waals surface area contributed by atoms with Crippen LogP contribution in [0, 0.1) is 0 Å². The molecule has 2 aromatic carbocycles. The summed E-state index contributed by atoms with van der Waals surface area (Å²) in [7, 11) is 0. The molecule has 124 valence electrons. The van der Waals surface area contributed by atoms with Crippen LogP contribution in [0.15, 0.2) is 48.5 Å². The van der Waals surface area contributed by atoms with E-state index >= 15 is 0 Å². The molecule has 4 nitrogen and oxygen atoms in total. The van der Waals surface area contributed by atoms with E-state index in [1.54, 1.807) is 6.07 Å². The van der Waals surface area contributed by atoms with Crippen molar-refractivity contribution >= 4 is 27.4 Å². The highest BCUT2D eigenvalue weighted by Crippen LogP contribution is 2.37. The Kier molecular flexibility index (Phi) is 4.71. The predicted molar refractivity (Wildman–Crippen MR) is 95.3 cm³/mol. The number of thiophene rings is 1. The number of ether oxygens (including phenoxy) is 2. The lowest BCUT2D eigenvalue weighted by atomic mass is 10.2. The van der Waals surface area contributed by atoms with E-state index < -0.39 is 5.97 Å². The van der Waals surface area contributed by atoms with Crippen molar-refractivity contribution in [3.8, 4) is 11.5 Å². The van der Waals surface area contributed by atoms with Crippen LogP contribution in [0.3, 0.4) is 0 Å². The lowest BCUT2D eigenvalue weighted by Gasteiger charge is -2.13. The monoisotopic (exact) mass is 342 g/mol. The quantitative estimate of drug-likeness (QED) is 0.687. The van der Waals surface area contributed by atoms with Gasteiger partial charge in [0.25, 0.3) is 0 Å². The lowest BCUT2D eigenvalue weighted by Crippen LogP contribution is -2.06. The van der Waals surface area contributed by atoms with Gasteiger partial charge >= 0.3 is 5.97 Å². The summed E-state index contributed by atoms with van der Waals surface area (Å²) in [5.41, 5.74) is 1.07. The van der Waals surface area contributed by atoms with Crippen LogP contribution in [-0.4, -0.2) is 17.2 Å². The molecule has 5 heteroatoms. The van der Waals surface area contributed by atoms with Gasteiger partial charge in [-0.3, -0.25) is 0 Å². The number of hydrogen-bond donors (Lipinski definition) is 1. The van der Waals surface area contributed by atoms with Gasteiger partial charge in [0.15, 0.2) is 0 Å². The minimum atomic E-state index is -0.932. The number of rotatable bonds is 6. The van der Waals surface area contributed by atoms with Gasteiger partial charge in [0.1, 0.15) is 23.0 Å². The van der Waals surface area contributed by atoms with Crippen molar-refractivity contribution < 1.29 is 19.4 Å². The number of aromatic carboxylic acids is 1. The highest BCUT2D eigenvalue weighted by molar-refractivity contribution is 7.20. The van der Waals surface area contributed by atoms with Crippen molar-refractivity contribution in [3.63, 3.8) is 0 Å². The molecule has 24 heavy (non-hydrogen) atoms. The standard InChI is InChI=1S/C19H18O4S/c1-12(2)23-16-8-14(22-11-13-6-4-3-5-7-13)9-17-15(16)10-18(24-17)19(20)21/h3-10,12H,11H2,1-2H3,(H,20,21). The largest absolute Gasteiger partial charge is 0.490 e. The molecule has 0 spiro atoms. The van der Waals surface area contributed by atoms with Crippen LogP contribution < -0.4 is 9.47 Å². The van der Waals surface area contributed by atoms with Crippen LogP contribution in [0.1, 0.15) is 29.1 Å². The van der Waals surface area contributed by atoms with Gasteiger partial charge in [0, 0.05) is 16.2 Å². The zero-order valence-corrected chi connectivity index (χ0v) is 14.3. The van der Waals surface area contributed by atoms with Crippen LogP contribution in [0.5, 0.6) is 11.5 Å². The molecule has 0 saturated heterocycles. The normalized spacial score (nSPS) is 11.0. The van der Waals surface area contributed by atoms with Gasteiger partial charge in [-0.05, 0) is 31.5 Å². The summed E-state index contributed by atoms with van der Waals surface area (Å²) < 4.78 is 12.6. The summed E-state index contributed by atoms with van der Waals surface area (Å²) in [6.07, 6.45) is -0.00856. The van der Waals surface area contributed by atoms with Gasteiger partial charge in [-0.2, -0.15) is 0 Å². The van der Waals surface area contributed by atoms with Crippen molar-refractivity contribution in [1.82, 2.24) is 0 Å². The Morgan fingerprint density at radius 3 is 2.58 bits per heavy atom. The molecule has 1 aromatic heterocycles. The third-order valence-electron chi connectivity index (χ3n) is 3.39. The molecule has 0 bridgehead atoms. The summed E-state index contributed by atoms with van der Waals surface area (Å²) in [6, 6.07) is 15.2. The third kappa shape index (κ3) is 3.68. The number of hydrogen-bond acceptors (Lipinski definition) is 4. The van der Waals surface area contributed by atoms with Gasteiger partial charge in [-0.15, -0.1) is 11.3 Å². The first-order valence-electron chi connectivity index (χ1n) is 7.67. The molecule has 0 amide bonds. The Bertz CT molecular complexity index is 852. The number of carboxylic acid groups (broad SMARTS) is 1. The fraction of sp³-hybridized carbons (Fsp3) is 0.211. The van der Waals surface area contributed by atoms with Gasteiger partial charge in [-0.1, -0.05) is 30.3 Å². The van der Waals surface area contributed by atoms with Crippen LogP contribution in [0.25, 0.3) is 10.1 Å². The van der Waals surface area contributed by atoms with E-state index in [1.165, 1.54) is 11.3 Å². The van der Waals surface area contributed by atoms with Crippen LogP contribution >= 0.6 is 11.3 Å². The van der Waals surface area contributed by atoms with E-state index in [4.69, 9.17) is 9.47 Å².